The predicted octanol–water partition coefficient (Wildman–Crippen LogP) is 7.37. The van der Waals surface area contributed by atoms with Crippen molar-refractivity contribution in [3.63, 3.8) is 0 Å². The first kappa shape index (κ1) is 17.0. The molecular weight excluding hydrogens is 432 g/mol. The van der Waals surface area contributed by atoms with Crippen LogP contribution < -0.4 is 0 Å². The first-order valence-corrected chi connectivity index (χ1v) is 7.68. The van der Waals surface area contributed by atoms with E-state index in [2.05, 4.69) is 9.97 Å². The van der Waals surface area contributed by atoms with Gasteiger partial charge in [-0.1, -0.05) is 92.8 Å². The predicted molar refractivity (Wildman–Crippen MR) is 87.5 cm³/mol. The minimum Gasteiger partial charge on any atom is -0.221 e. The Morgan fingerprint density at radius 3 is 0.800 bits per heavy atom. The van der Waals surface area contributed by atoms with E-state index in [1.54, 1.807) is 0 Å². The highest BCUT2D eigenvalue weighted by atomic mass is 35.5. The molecule has 2 aromatic rings. The summed E-state index contributed by atoms with van der Waals surface area (Å²) in [4.78, 5) is 7.52. The van der Waals surface area contributed by atoms with E-state index in [9.17, 15) is 0 Å². The van der Waals surface area contributed by atoms with Crippen LogP contribution in [0.15, 0.2) is 0 Å². The number of aromatic nitrogens is 2. The molecule has 0 aliphatic heterocycles. The fourth-order valence-electron chi connectivity index (χ4n) is 1.41. The van der Waals surface area contributed by atoms with Gasteiger partial charge in [0, 0.05) is 11.1 Å². The van der Waals surface area contributed by atoms with Crippen LogP contribution in [0.4, 0.5) is 0 Å². The Morgan fingerprint density at radius 2 is 0.600 bits per heavy atom. The van der Waals surface area contributed by atoms with Crippen LogP contribution in [-0.2, 0) is 0 Å². The second-order valence-electron chi connectivity index (χ2n) is 3.39. The summed E-state index contributed by atoms with van der Waals surface area (Å²) in [6.45, 7) is 0. The Bertz CT molecular complexity index is 601. The van der Waals surface area contributed by atoms with Gasteiger partial charge in [-0.05, 0) is 0 Å². The number of hydrogen-bond donors (Lipinski definition) is 0. The number of nitrogens with zero attached hydrogens (tertiary/aromatic N) is 2. The van der Waals surface area contributed by atoms with Crippen LogP contribution in [0.1, 0.15) is 0 Å². The molecule has 2 nitrogen and oxygen atoms in total. The van der Waals surface area contributed by atoms with E-state index in [0.717, 1.165) is 0 Å². The van der Waals surface area contributed by atoms with E-state index in [4.69, 9.17) is 92.8 Å². The monoisotopic (exact) mass is 428 g/mol. The molecule has 0 amide bonds. The van der Waals surface area contributed by atoms with Crippen molar-refractivity contribution in [1.29, 1.82) is 0 Å². The van der Waals surface area contributed by atoms with Gasteiger partial charge < -0.3 is 0 Å². The topological polar surface area (TPSA) is 25.8 Å². The summed E-state index contributed by atoms with van der Waals surface area (Å²) in [6.07, 6.45) is 0. The third-order valence-corrected chi connectivity index (χ3v) is 5.20. The third-order valence-electron chi connectivity index (χ3n) is 2.25. The summed E-state index contributed by atoms with van der Waals surface area (Å²) >= 11 is 47.9. The minimum absolute atomic E-state index is 0.0169. The first-order chi connectivity index (χ1) is 9.25. The Hall–Kier alpha value is 0.620. The van der Waals surface area contributed by atoms with Crippen molar-refractivity contribution in [3.8, 4) is 11.1 Å². The van der Waals surface area contributed by atoms with E-state index in [-0.39, 0.29) is 51.8 Å². The molecule has 0 aliphatic carbocycles. The van der Waals surface area contributed by atoms with Crippen LogP contribution in [0, 0.1) is 0 Å². The lowest BCUT2D eigenvalue weighted by Crippen LogP contribution is -1.93. The third kappa shape index (κ3) is 2.90. The van der Waals surface area contributed by atoms with Crippen molar-refractivity contribution in [2.24, 2.45) is 0 Å². The van der Waals surface area contributed by atoms with Crippen LogP contribution in [0.3, 0.4) is 0 Å². The van der Waals surface area contributed by atoms with E-state index in [1.165, 1.54) is 0 Å². The molecule has 0 saturated heterocycles. The number of hydrogen-bond acceptors (Lipinski definition) is 2. The van der Waals surface area contributed by atoms with Crippen molar-refractivity contribution in [2.75, 3.05) is 0 Å². The average Bonchev–Trinajstić information content (AvgIpc) is 2.38. The van der Waals surface area contributed by atoms with Gasteiger partial charge in [-0.3, -0.25) is 0 Å². The molecule has 0 unspecified atom stereocenters. The van der Waals surface area contributed by atoms with Crippen molar-refractivity contribution in [1.82, 2.24) is 9.97 Å². The van der Waals surface area contributed by atoms with Crippen LogP contribution in [0.25, 0.3) is 11.1 Å². The molecular formula is C10Cl8N2. The van der Waals surface area contributed by atoms with Gasteiger partial charge in [-0.25, -0.2) is 9.97 Å². The molecule has 0 radical (unpaired) electrons. The second kappa shape index (κ2) is 6.39. The standard InChI is InChI=1S/C10Cl8N2/c11-3-1(4(12)8(16)19-7(3)15)2-5(13)9(17)20-10(18)6(2)14. The zero-order chi connectivity index (χ0) is 15.2. The minimum atomic E-state index is -0.0627. The van der Waals surface area contributed by atoms with Gasteiger partial charge in [0.15, 0.2) is 0 Å². The SMILES string of the molecule is Clc1nc(Cl)c(Cl)c(-c2c(Cl)c(Cl)nc(Cl)c2Cl)c1Cl. The molecule has 106 valence electrons. The summed E-state index contributed by atoms with van der Waals surface area (Å²) in [7, 11) is 0. The highest BCUT2D eigenvalue weighted by molar-refractivity contribution is 6.53. The van der Waals surface area contributed by atoms with Crippen molar-refractivity contribution in [2.45, 2.75) is 0 Å². The number of halogens is 8. The van der Waals surface area contributed by atoms with Gasteiger partial charge >= 0.3 is 0 Å². The largest absolute Gasteiger partial charge is 0.221 e. The normalized spacial score (nSPS) is 11.0. The zero-order valence-corrected chi connectivity index (χ0v) is 15.0. The quantitative estimate of drug-likeness (QED) is 0.440. The molecule has 2 aromatic heterocycles. The molecule has 0 atom stereocenters. The Labute approximate surface area is 153 Å². The van der Waals surface area contributed by atoms with Crippen molar-refractivity contribution in [3.05, 3.63) is 40.7 Å². The molecule has 0 fully saturated rings. The van der Waals surface area contributed by atoms with E-state index in [1.807, 2.05) is 0 Å². The van der Waals surface area contributed by atoms with Crippen molar-refractivity contribution >= 4 is 92.8 Å². The van der Waals surface area contributed by atoms with Gasteiger partial charge in [0.2, 0.25) is 0 Å². The van der Waals surface area contributed by atoms with Crippen LogP contribution >= 0.6 is 92.8 Å². The molecule has 2 rings (SSSR count). The zero-order valence-electron chi connectivity index (χ0n) is 8.92. The summed E-state index contributed by atoms with van der Waals surface area (Å²) in [5.74, 6) is 0. The molecule has 10 heteroatoms. The average molecular weight is 432 g/mol. The lowest BCUT2D eigenvalue weighted by molar-refractivity contribution is 1.31. The lowest BCUT2D eigenvalue weighted by Gasteiger charge is -2.14. The van der Waals surface area contributed by atoms with Gasteiger partial charge in [0.05, 0.1) is 20.1 Å². The molecule has 2 heterocycles. The highest BCUT2D eigenvalue weighted by Gasteiger charge is 2.24. The Kier molecular flexibility index (Phi) is 5.43. The molecule has 0 aliphatic rings. The summed E-state index contributed by atoms with van der Waals surface area (Å²) in [5.41, 5.74) is 0.360. The smallest absolute Gasteiger partial charge is 0.150 e. The van der Waals surface area contributed by atoms with Gasteiger partial charge in [-0.15, -0.1) is 0 Å². The summed E-state index contributed by atoms with van der Waals surface area (Å²) in [5, 5.41) is -0.183. The maximum absolute atomic E-state index is 6.09. The van der Waals surface area contributed by atoms with Crippen LogP contribution in [0.2, 0.25) is 40.7 Å². The summed E-state index contributed by atoms with van der Waals surface area (Å²) < 4.78 is 0. The molecule has 20 heavy (non-hydrogen) atoms. The van der Waals surface area contributed by atoms with E-state index >= 15 is 0 Å². The highest BCUT2D eigenvalue weighted by Crippen LogP contribution is 2.49. The van der Waals surface area contributed by atoms with Crippen LogP contribution in [-0.4, -0.2) is 9.97 Å². The molecule has 0 N–H and O–H groups in total. The fraction of sp³-hybridized carbons (Fsp3) is 0. The Morgan fingerprint density at radius 1 is 0.400 bits per heavy atom. The first-order valence-electron chi connectivity index (χ1n) is 4.66. The van der Waals surface area contributed by atoms with Gasteiger partial charge in [0.25, 0.3) is 0 Å². The molecule has 0 spiro atoms. The lowest BCUT2D eigenvalue weighted by atomic mass is 10.1. The summed E-state index contributed by atoms with van der Waals surface area (Å²) in [6, 6.07) is 0. The molecule has 0 bridgehead atoms. The molecule has 0 saturated carbocycles. The fourth-order valence-corrected chi connectivity index (χ4v) is 3.24. The van der Waals surface area contributed by atoms with Gasteiger partial charge in [-0.2, -0.15) is 0 Å². The second-order valence-corrected chi connectivity index (χ2v) is 6.34. The van der Waals surface area contributed by atoms with Gasteiger partial charge in [0.1, 0.15) is 20.6 Å². The number of rotatable bonds is 1. The number of pyridine rings is 2. The Balaban J connectivity index is 2.96. The van der Waals surface area contributed by atoms with E-state index < -0.39 is 0 Å². The van der Waals surface area contributed by atoms with Crippen molar-refractivity contribution < 1.29 is 0 Å². The maximum atomic E-state index is 6.09. The maximum Gasteiger partial charge on any atom is 0.150 e. The molecule has 0 aromatic carbocycles. The van der Waals surface area contributed by atoms with Crippen LogP contribution in [0.5, 0.6) is 0 Å². The van der Waals surface area contributed by atoms with E-state index in [0.29, 0.717) is 0 Å².